The molecule has 0 spiro atoms. The molecule has 1 rings (SSSR count). The number of methoxy groups -OCH3 is 1. The maximum absolute atomic E-state index is 10.8. The van der Waals surface area contributed by atoms with Crippen LogP contribution in [0.1, 0.15) is 13.3 Å². The highest BCUT2D eigenvalue weighted by atomic mass is 16.5. The molecule has 2 unspecified atom stereocenters. The Morgan fingerprint density at radius 1 is 1.75 bits per heavy atom. The summed E-state index contributed by atoms with van der Waals surface area (Å²) in [5, 5.41) is 6.02. The predicted molar refractivity (Wildman–Crippen MR) is 46.0 cm³/mol. The van der Waals surface area contributed by atoms with Crippen LogP contribution in [0.15, 0.2) is 0 Å². The van der Waals surface area contributed by atoms with Gasteiger partial charge in [0.1, 0.15) is 0 Å². The number of nitrogens with one attached hydrogen (secondary N) is 2. The summed E-state index contributed by atoms with van der Waals surface area (Å²) in [5.74, 6) is 0.545. The lowest BCUT2D eigenvalue weighted by Crippen LogP contribution is -2.38. The summed E-state index contributed by atoms with van der Waals surface area (Å²) >= 11 is 0. The van der Waals surface area contributed by atoms with Crippen LogP contribution >= 0.6 is 0 Å². The van der Waals surface area contributed by atoms with Crippen molar-refractivity contribution in [2.75, 3.05) is 20.2 Å². The standard InChI is InChI=1S/C8H16N2O2/c1-6(10-8(11)12-2)7-3-4-9-5-7/h6-7,9H,3-5H2,1-2H3,(H,10,11). The second kappa shape index (κ2) is 4.30. The van der Waals surface area contributed by atoms with Crippen LogP contribution in [0, 0.1) is 5.92 Å². The number of alkyl carbamates (subject to hydrolysis) is 1. The van der Waals surface area contributed by atoms with Gasteiger partial charge in [0, 0.05) is 6.04 Å². The van der Waals surface area contributed by atoms with Gasteiger partial charge in [-0.15, -0.1) is 0 Å². The summed E-state index contributed by atoms with van der Waals surface area (Å²) in [6, 6.07) is 0.201. The van der Waals surface area contributed by atoms with Gasteiger partial charge in [0.05, 0.1) is 7.11 Å². The second-order valence-electron chi connectivity index (χ2n) is 3.18. The minimum atomic E-state index is -0.339. The molecule has 0 aromatic rings. The zero-order valence-electron chi connectivity index (χ0n) is 7.59. The molecule has 2 N–H and O–H groups in total. The van der Waals surface area contributed by atoms with Gasteiger partial charge in [-0.2, -0.15) is 0 Å². The molecule has 0 radical (unpaired) electrons. The van der Waals surface area contributed by atoms with Gasteiger partial charge in [-0.25, -0.2) is 4.79 Å². The van der Waals surface area contributed by atoms with E-state index in [9.17, 15) is 4.79 Å². The van der Waals surface area contributed by atoms with Crippen molar-refractivity contribution in [2.45, 2.75) is 19.4 Å². The highest BCUT2D eigenvalue weighted by Crippen LogP contribution is 2.11. The highest BCUT2D eigenvalue weighted by molar-refractivity contribution is 5.67. The van der Waals surface area contributed by atoms with Gasteiger partial charge in [-0.1, -0.05) is 0 Å². The van der Waals surface area contributed by atoms with E-state index in [-0.39, 0.29) is 12.1 Å². The molecule has 0 aromatic carbocycles. The van der Waals surface area contributed by atoms with Crippen LogP contribution in [0.25, 0.3) is 0 Å². The fourth-order valence-electron chi connectivity index (χ4n) is 1.47. The maximum atomic E-state index is 10.8. The summed E-state index contributed by atoms with van der Waals surface area (Å²) in [6.07, 6.45) is 0.792. The first-order valence-electron chi connectivity index (χ1n) is 4.29. The summed E-state index contributed by atoms with van der Waals surface area (Å²) in [7, 11) is 1.38. The zero-order valence-corrected chi connectivity index (χ0v) is 7.59. The molecule has 4 heteroatoms. The van der Waals surface area contributed by atoms with Crippen molar-refractivity contribution in [2.24, 2.45) is 5.92 Å². The van der Waals surface area contributed by atoms with Crippen LogP contribution < -0.4 is 10.6 Å². The number of carbonyl (C=O) groups is 1. The number of carbonyl (C=O) groups excluding carboxylic acids is 1. The third kappa shape index (κ3) is 2.37. The molecule has 2 atom stereocenters. The zero-order chi connectivity index (χ0) is 8.97. The molecule has 0 aliphatic carbocycles. The summed E-state index contributed by atoms with van der Waals surface area (Å²) in [4.78, 5) is 10.8. The van der Waals surface area contributed by atoms with E-state index in [2.05, 4.69) is 15.4 Å². The first-order chi connectivity index (χ1) is 5.74. The number of hydrogen-bond acceptors (Lipinski definition) is 3. The van der Waals surface area contributed by atoms with Crippen molar-refractivity contribution in [3.8, 4) is 0 Å². The van der Waals surface area contributed by atoms with Crippen molar-refractivity contribution < 1.29 is 9.53 Å². The molecule has 1 fully saturated rings. The topological polar surface area (TPSA) is 50.4 Å². The number of hydrogen-bond donors (Lipinski definition) is 2. The van der Waals surface area contributed by atoms with Crippen LogP contribution in [-0.4, -0.2) is 32.3 Å². The van der Waals surface area contributed by atoms with Crippen LogP contribution in [0.4, 0.5) is 4.79 Å². The minimum absolute atomic E-state index is 0.201. The van der Waals surface area contributed by atoms with E-state index in [0.29, 0.717) is 5.92 Å². The molecule has 1 heterocycles. The lowest BCUT2D eigenvalue weighted by atomic mass is 10.0. The SMILES string of the molecule is COC(=O)NC(C)C1CCNC1. The van der Waals surface area contributed by atoms with E-state index in [4.69, 9.17) is 0 Å². The van der Waals surface area contributed by atoms with E-state index in [1.165, 1.54) is 7.11 Å². The van der Waals surface area contributed by atoms with Crippen molar-refractivity contribution in [3.05, 3.63) is 0 Å². The van der Waals surface area contributed by atoms with E-state index in [0.717, 1.165) is 19.5 Å². The molecule has 1 aliphatic rings. The second-order valence-corrected chi connectivity index (χ2v) is 3.18. The Kier molecular flexibility index (Phi) is 3.34. The number of ether oxygens (including phenoxy) is 1. The van der Waals surface area contributed by atoms with Gasteiger partial charge in [0.15, 0.2) is 0 Å². The van der Waals surface area contributed by atoms with E-state index < -0.39 is 0 Å². The largest absolute Gasteiger partial charge is 0.453 e. The molecule has 1 amide bonds. The average Bonchev–Trinajstić information content (AvgIpc) is 2.56. The highest BCUT2D eigenvalue weighted by Gasteiger charge is 2.22. The number of rotatable bonds is 2. The van der Waals surface area contributed by atoms with Crippen molar-refractivity contribution in [1.82, 2.24) is 10.6 Å². The molecule has 12 heavy (non-hydrogen) atoms. The first kappa shape index (κ1) is 9.32. The molecule has 0 saturated carbocycles. The fraction of sp³-hybridized carbons (Fsp3) is 0.875. The van der Waals surface area contributed by atoms with E-state index in [1.807, 2.05) is 6.92 Å². The lowest BCUT2D eigenvalue weighted by Gasteiger charge is -2.18. The van der Waals surface area contributed by atoms with Gasteiger partial charge < -0.3 is 15.4 Å². The molecule has 0 bridgehead atoms. The summed E-state index contributed by atoms with van der Waals surface area (Å²) in [5.41, 5.74) is 0. The van der Waals surface area contributed by atoms with Gasteiger partial charge in [0.2, 0.25) is 0 Å². The van der Waals surface area contributed by atoms with Crippen molar-refractivity contribution in [3.63, 3.8) is 0 Å². The Morgan fingerprint density at radius 2 is 2.50 bits per heavy atom. The van der Waals surface area contributed by atoms with Crippen molar-refractivity contribution in [1.29, 1.82) is 0 Å². The Labute approximate surface area is 72.7 Å². The Balaban J connectivity index is 2.26. The normalized spacial score (nSPS) is 25.0. The minimum Gasteiger partial charge on any atom is -0.453 e. The third-order valence-corrected chi connectivity index (χ3v) is 2.34. The van der Waals surface area contributed by atoms with Gasteiger partial charge >= 0.3 is 6.09 Å². The monoisotopic (exact) mass is 172 g/mol. The average molecular weight is 172 g/mol. The van der Waals surface area contributed by atoms with Crippen LogP contribution in [0.2, 0.25) is 0 Å². The van der Waals surface area contributed by atoms with E-state index in [1.54, 1.807) is 0 Å². The summed E-state index contributed by atoms with van der Waals surface area (Å²) in [6.45, 7) is 4.05. The fourth-order valence-corrected chi connectivity index (χ4v) is 1.47. The molecular weight excluding hydrogens is 156 g/mol. The first-order valence-corrected chi connectivity index (χ1v) is 4.29. The van der Waals surface area contributed by atoms with Gasteiger partial charge in [-0.05, 0) is 32.4 Å². The lowest BCUT2D eigenvalue weighted by molar-refractivity contribution is 0.163. The van der Waals surface area contributed by atoms with Crippen LogP contribution in [0.5, 0.6) is 0 Å². The predicted octanol–water partition coefficient (Wildman–Crippen LogP) is 0.340. The Morgan fingerprint density at radius 3 is 3.00 bits per heavy atom. The van der Waals surface area contributed by atoms with Crippen LogP contribution in [0.3, 0.4) is 0 Å². The smallest absolute Gasteiger partial charge is 0.407 e. The molecule has 0 aromatic heterocycles. The summed E-state index contributed by atoms with van der Waals surface area (Å²) < 4.78 is 4.51. The van der Waals surface area contributed by atoms with Crippen molar-refractivity contribution >= 4 is 6.09 Å². The maximum Gasteiger partial charge on any atom is 0.407 e. The van der Waals surface area contributed by atoms with E-state index >= 15 is 0 Å². The molecular formula is C8H16N2O2. The molecule has 1 aliphatic heterocycles. The number of amides is 1. The van der Waals surface area contributed by atoms with Gasteiger partial charge in [-0.3, -0.25) is 0 Å². The molecule has 1 saturated heterocycles. The Hall–Kier alpha value is -0.770. The quantitative estimate of drug-likeness (QED) is 0.631. The third-order valence-electron chi connectivity index (χ3n) is 2.34. The van der Waals surface area contributed by atoms with Crippen LogP contribution in [-0.2, 0) is 4.74 Å². The molecule has 4 nitrogen and oxygen atoms in total. The van der Waals surface area contributed by atoms with Gasteiger partial charge in [0.25, 0.3) is 0 Å². The Bertz CT molecular complexity index is 155. The molecule has 70 valence electrons.